The van der Waals surface area contributed by atoms with Crippen LogP contribution in [0.5, 0.6) is 0 Å². The first-order chi connectivity index (χ1) is 14.1. The number of rotatable bonds is 5. The Labute approximate surface area is 169 Å². The Bertz CT molecular complexity index is 1130. The van der Waals surface area contributed by atoms with E-state index in [1.165, 1.54) is 54.6 Å². The standard InChI is InChI=1S/C22H16F3NO4/c1-13-11-15(21(28)29)5-8-18(13)26-20(27)10-7-17-6-9-19(30-17)14-3-2-4-16(12-14)22(23,24)25/h2-12H,1H3,(H,26,27)(H,28,29)/b10-7+. The van der Waals surface area contributed by atoms with E-state index in [1.807, 2.05) is 0 Å². The van der Waals surface area contributed by atoms with Crippen molar-refractivity contribution in [1.29, 1.82) is 0 Å². The summed E-state index contributed by atoms with van der Waals surface area (Å²) in [4.78, 5) is 23.1. The van der Waals surface area contributed by atoms with Gasteiger partial charge in [-0.2, -0.15) is 13.2 Å². The number of furan rings is 1. The minimum atomic E-state index is -4.45. The van der Waals surface area contributed by atoms with Crippen LogP contribution in [0.4, 0.5) is 18.9 Å². The summed E-state index contributed by atoms with van der Waals surface area (Å²) in [5.41, 5.74) is 0.638. The third-order valence-corrected chi connectivity index (χ3v) is 4.23. The molecule has 2 aromatic carbocycles. The van der Waals surface area contributed by atoms with Crippen LogP contribution in [-0.4, -0.2) is 17.0 Å². The lowest BCUT2D eigenvalue weighted by molar-refractivity contribution is -0.137. The summed E-state index contributed by atoms with van der Waals surface area (Å²) in [6, 6.07) is 12.1. The maximum atomic E-state index is 12.9. The summed E-state index contributed by atoms with van der Waals surface area (Å²) in [7, 11) is 0. The molecule has 8 heteroatoms. The summed E-state index contributed by atoms with van der Waals surface area (Å²) in [5, 5.41) is 11.6. The molecule has 0 bridgehead atoms. The van der Waals surface area contributed by atoms with Crippen molar-refractivity contribution < 1.29 is 32.3 Å². The Kier molecular flexibility index (Phi) is 5.77. The normalized spacial score (nSPS) is 11.6. The average molecular weight is 415 g/mol. The molecule has 0 unspecified atom stereocenters. The smallest absolute Gasteiger partial charge is 0.416 e. The highest BCUT2D eigenvalue weighted by Gasteiger charge is 2.30. The number of aromatic carboxylic acids is 1. The van der Waals surface area contributed by atoms with E-state index in [-0.39, 0.29) is 22.6 Å². The zero-order chi connectivity index (χ0) is 21.9. The first-order valence-electron chi connectivity index (χ1n) is 8.74. The zero-order valence-corrected chi connectivity index (χ0v) is 15.7. The quantitative estimate of drug-likeness (QED) is 0.530. The lowest BCUT2D eigenvalue weighted by Gasteiger charge is -2.07. The molecule has 0 radical (unpaired) electrons. The molecule has 5 nitrogen and oxygen atoms in total. The number of amides is 1. The number of anilines is 1. The predicted octanol–water partition coefficient (Wildman–Crippen LogP) is 5.62. The van der Waals surface area contributed by atoms with Gasteiger partial charge in [-0.3, -0.25) is 4.79 Å². The Hall–Kier alpha value is -3.81. The molecule has 0 atom stereocenters. The van der Waals surface area contributed by atoms with Crippen molar-refractivity contribution in [2.75, 3.05) is 5.32 Å². The van der Waals surface area contributed by atoms with Gasteiger partial charge in [0.25, 0.3) is 0 Å². The van der Waals surface area contributed by atoms with Gasteiger partial charge in [0.2, 0.25) is 5.91 Å². The second kappa shape index (κ2) is 8.28. The van der Waals surface area contributed by atoms with E-state index in [0.717, 1.165) is 12.1 Å². The van der Waals surface area contributed by atoms with Crippen LogP contribution in [0.2, 0.25) is 0 Å². The Balaban J connectivity index is 1.70. The van der Waals surface area contributed by atoms with E-state index in [4.69, 9.17) is 9.52 Å². The third-order valence-electron chi connectivity index (χ3n) is 4.23. The van der Waals surface area contributed by atoms with Gasteiger partial charge in [0.1, 0.15) is 11.5 Å². The molecule has 0 aliphatic rings. The van der Waals surface area contributed by atoms with Crippen LogP contribution >= 0.6 is 0 Å². The van der Waals surface area contributed by atoms with Crippen molar-refractivity contribution in [2.45, 2.75) is 13.1 Å². The molecule has 3 aromatic rings. The summed E-state index contributed by atoms with van der Waals surface area (Å²) in [6.07, 6.45) is -1.86. The number of carboxylic acids is 1. The highest BCUT2D eigenvalue weighted by molar-refractivity contribution is 6.02. The van der Waals surface area contributed by atoms with Crippen LogP contribution in [0.25, 0.3) is 17.4 Å². The van der Waals surface area contributed by atoms with Crippen LogP contribution in [0.1, 0.15) is 27.2 Å². The third kappa shape index (κ3) is 4.96. The molecular formula is C22H16F3NO4. The SMILES string of the molecule is Cc1cc(C(=O)O)ccc1NC(=O)/C=C/c1ccc(-c2cccc(C(F)(F)F)c2)o1. The van der Waals surface area contributed by atoms with Crippen molar-refractivity contribution in [3.63, 3.8) is 0 Å². The van der Waals surface area contributed by atoms with Gasteiger partial charge in [0.15, 0.2) is 0 Å². The minimum absolute atomic E-state index is 0.110. The zero-order valence-electron chi connectivity index (χ0n) is 15.7. The van der Waals surface area contributed by atoms with E-state index < -0.39 is 23.6 Å². The van der Waals surface area contributed by atoms with E-state index in [2.05, 4.69) is 5.32 Å². The molecular weight excluding hydrogens is 399 g/mol. The van der Waals surface area contributed by atoms with Gasteiger partial charge in [-0.15, -0.1) is 0 Å². The highest BCUT2D eigenvalue weighted by atomic mass is 19.4. The van der Waals surface area contributed by atoms with E-state index in [0.29, 0.717) is 11.3 Å². The Morgan fingerprint density at radius 1 is 1.07 bits per heavy atom. The molecule has 0 aliphatic heterocycles. The minimum Gasteiger partial charge on any atom is -0.478 e. The summed E-state index contributed by atoms with van der Waals surface area (Å²) >= 11 is 0. The van der Waals surface area contributed by atoms with E-state index >= 15 is 0 Å². The molecule has 2 N–H and O–H groups in total. The monoisotopic (exact) mass is 415 g/mol. The topological polar surface area (TPSA) is 79.5 Å². The lowest BCUT2D eigenvalue weighted by Crippen LogP contribution is -2.09. The molecule has 1 heterocycles. The molecule has 30 heavy (non-hydrogen) atoms. The number of carbonyl (C=O) groups is 2. The van der Waals surface area contributed by atoms with Gasteiger partial charge in [-0.1, -0.05) is 12.1 Å². The lowest BCUT2D eigenvalue weighted by atomic mass is 10.1. The molecule has 0 saturated carbocycles. The Morgan fingerprint density at radius 3 is 2.50 bits per heavy atom. The summed E-state index contributed by atoms with van der Waals surface area (Å²) < 4.78 is 44.1. The number of carboxylic acid groups (broad SMARTS) is 1. The number of aryl methyl sites for hydroxylation is 1. The number of hydrogen-bond donors (Lipinski definition) is 2. The number of hydrogen-bond acceptors (Lipinski definition) is 3. The fourth-order valence-corrected chi connectivity index (χ4v) is 2.72. The summed E-state index contributed by atoms with van der Waals surface area (Å²) in [5.74, 6) is -1.01. The summed E-state index contributed by atoms with van der Waals surface area (Å²) in [6.45, 7) is 1.67. The van der Waals surface area contributed by atoms with Crippen LogP contribution in [0, 0.1) is 6.92 Å². The fourth-order valence-electron chi connectivity index (χ4n) is 2.72. The van der Waals surface area contributed by atoms with Gasteiger partial charge in [-0.05, 0) is 61.0 Å². The molecule has 154 valence electrons. The number of carbonyl (C=O) groups excluding carboxylic acids is 1. The van der Waals surface area contributed by atoms with Gasteiger partial charge < -0.3 is 14.8 Å². The number of halogens is 3. The van der Waals surface area contributed by atoms with Crippen molar-refractivity contribution in [3.05, 3.63) is 83.1 Å². The van der Waals surface area contributed by atoms with Crippen molar-refractivity contribution >= 4 is 23.6 Å². The molecule has 0 spiro atoms. The largest absolute Gasteiger partial charge is 0.478 e. The van der Waals surface area contributed by atoms with Crippen LogP contribution in [0.3, 0.4) is 0 Å². The van der Waals surface area contributed by atoms with Crippen molar-refractivity contribution in [2.24, 2.45) is 0 Å². The van der Waals surface area contributed by atoms with Crippen LogP contribution in [-0.2, 0) is 11.0 Å². The fraction of sp³-hybridized carbons (Fsp3) is 0.0909. The van der Waals surface area contributed by atoms with Gasteiger partial charge >= 0.3 is 12.1 Å². The predicted molar refractivity (Wildman–Crippen MR) is 105 cm³/mol. The molecule has 1 aromatic heterocycles. The molecule has 0 fully saturated rings. The number of nitrogens with one attached hydrogen (secondary N) is 1. The van der Waals surface area contributed by atoms with Crippen LogP contribution in [0.15, 0.2) is 65.1 Å². The molecule has 0 saturated heterocycles. The Morgan fingerprint density at radius 2 is 1.83 bits per heavy atom. The van der Waals surface area contributed by atoms with Crippen LogP contribution < -0.4 is 5.32 Å². The van der Waals surface area contributed by atoms with Gasteiger partial charge in [-0.25, -0.2) is 4.79 Å². The first kappa shape index (κ1) is 20.9. The van der Waals surface area contributed by atoms with Crippen molar-refractivity contribution in [3.8, 4) is 11.3 Å². The maximum absolute atomic E-state index is 12.9. The van der Waals surface area contributed by atoms with E-state index in [1.54, 1.807) is 6.92 Å². The van der Waals surface area contributed by atoms with Crippen molar-refractivity contribution in [1.82, 2.24) is 0 Å². The molecule has 1 amide bonds. The average Bonchev–Trinajstić information content (AvgIpc) is 3.16. The second-order valence-corrected chi connectivity index (χ2v) is 6.44. The van der Waals surface area contributed by atoms with Gasteiger partial charge in [0, 0.05) is 17.3 Å². The maximum Gasteiger partial charge on any atom is 0.416 e. The van der Waals surface area contributed by atoms with Gasteiger partial charge in [0.05, 0.1) is 11.1 Å². The molecule has 0 aliphatic carbocycles. The van der Waals surface area contributed by atoms with E-state index in [9.17, 15) is 22.8 Å². The number of alkyl halides is 3. The highest BCUT2D eigenvalue weighted by Crippen LogP contribution is 2.32. The number of benzene rings is 2. The second-order valence-electron chi connectivity index (χ2n) is 6.44. The molecule has 3 rings (SSSR count). The first-order valence-corrected chi connectivity index (χ1v) is 8.74.